The average Bonchev–Trinajstić information content (AvgIpc) is 2.97. The fourth-order valence-corrected chi connectivity index (χ4v) is 3.54. The zero-order valence-electron chi connectivity index (χ0n) is 14.2. The molecule has 3 aromatic rings. The molecule has 0 atom stereocenters. The minimum atomic E-state index is -0.254. The van der Waals surface area contributed by atoms with E-state index in [4.69, 9.17) is 0 Å². The quantitative estimate of drug-likeness (QED) is 0.731. The predicted molar refractivity (Wildman–Crippen MR) is 99.5 cm³/mol. The van der Waals surface area contributed by atoms with Crippen molar-refractivity contribution >= 4 is 17.2 Å². The maximum Gasteiger partial charge on any atom is 0.251 e. The van der Waals surface area contributed by atoms with Gasteiger partial charge in [0.25, 0.3) is 5.91 Å². The van der Waals surface area contributed by atoms with E-state index in [1.54, 1.807) is 23.5 Å². The van der Waals surface area contributed by atoms with E-state index in [-0.39, 0.29) is 11.7 Å². The highest BCUT2D eigenvalue weighted by Gasteiger charge is 2.10. The zero-order chi connectivity index (χ0) is 17.8. The lowest BCUT2D eigenvalue weighted by molar-refractivity contribution is 0.0954. The van der Waals surface area contributed by atoms with Gasteiger partial charge in [-0.3, -0.25) is 4.79 Å². The zero-order valence-corrected chi connectivity index (χ0v) is 15.0. The summed E-state index contributed by atoms with van der Waals surface area (Å²) >= 11 is 1.58. The summed E-state index contributed by atoms with van der Waals surface area (Å²) in [5, 5.41) is 3.81. The first-order valence-electron chi connectivity index (χ1n) is 8.10. The monoisotopic (exact) mass is 354 g/mol. The highest BCUT2D eigenvalue weighted by Crippen LogP contribution is 2.28. The minimum Gasteiger partial charge on any atom is -0.352 e. The van der Waals surface area contributed by atoms with Gasteiger partial charge >= 0.3 is 0 Å². The standard InChI is InChI=1S/C20H19FN2OS/c1-13-3-5-15(6-4-13)19(24)22-12-11-18-14(2)23-20(25-18)16-7-9-17(21)10-8-16/h3-10H,11-12H2,1-2H3,(H,22,24). The van der Waals surface area contributed by atoms with E-state index < -0.39 is 0 Å². The Balaban J connectivity index is 1.61. The number of carbonyl (C=O) groups is 1. The largest absolute Gasteiger partial charge is 0.352 e. The summed E-state index contributed by atoms with van der Waals surface area (Å²) < 4.78 is 13.0. The van der Waals surface area contributed by atoms with Crippen LogP contribution in [0.25, 0.3) is 10.6 Å². The van der Waals surface area contributed by atoms with Crippen molar-refractivity contribution in [2.24, 2.45) is 0 Å². The number of aryl methyl sites for hydroxylation is 2. The van der Waals surface area contributed by atoms with Crippen molar-refractivity contribution in [2.45, 2.75) is 20.3 Å². The Labute approximate surface area is 150 Å². The second-order valence-electron chi connectivity index (χ2n) is 5.91. The second-order valence-corrected chi connectivity index (χ2v) is 6.99. The van der Waals surface area contributed by atoms with Crippen LogP contribution in [-0.2, 0) is 6.42 Å². The van der Waals surface area contributed by atoms with Gasteiger partial charge in [0.1, 0.15) is 10.8 Å². The molecule has 3 rings (SSSR count). The fourth-order valence-electron chi connectivity index (χ4n) is 2.47. The number of benzene rings is 2. The van der Waals surface area contributed by atoms with Crippen molar-refractivity contribution < 1.29 is 9.18 Å². The fraction of sp³-hybridized carbons (Fsp3) is 0.200. The molecule has 1 aromatic heterocycles. The third-order valence-corrected chi connectivity index (χ3v) is 5.20. The number of thiazole rings is 1. The SMILES string of the molecule is Cc1ccc(C(=O)NCCc2sc(-c3ccc(F)cc3)nc2C)cc1. The second kappa shape index (κ2) is 7.57. The van der Waals surface area contributed by atoms with Crippen molar-refractivity contribution in [1.29, 1.82) is 0 Å². The summed E-state index contributed by atoms with van der Waals surface area (Å²) in [7, 11) is 0. The van der Waals surface area contributed by atoms with Crippen molar-refractivity contribution in [3.63, 3.8) is 0 Å². The third kappa shape index (κ3) is 4.31. The van der Waals surface area contributed by atoms with Crippen LogP contribution in [0.3, 0.4) is 0 Å². The van der Waals surface area contributed by atoms with Gasteiger partial charge in [-0.2, -0.15) is 0 Å². The van der Waals surface area contributed by atoms with Crippen LogP contribution >= 0.6 is 11.3 Å². The number of hydrogen-bond acceptors (Lipinski definition) is 3. The third-order valence-electron chi connectivity index (χ3n) is 3.94. The van der Waals surface area contributed by atoms with E-state index in [2.05, 4.69) is 10.3 Å². The number of amides is 1. The molecule has 1 N–H and O–H groups in total. The van der Waals surface area contributed by atoms with Crippen molar-refractivity contribution in [3.8, 4) is 10.6 Å². The molecule has 0 bridgehead atoms. The van der Waals surface area contributed by atoms with E-state index in [9.17, 15) is 9.18 Å². The molecule has 0 aliphatic rings. The van der Waals surface area contributed by atoms with E-state index in [1.807, 2.05) is 38.1 Å². The van der Waals surface area contributed by atoms with Crippen LogP contribution in [0, 0.1) is 19.7 Å². The van der Waals surface area contributed by atoms with Gasteiger partial charge in [0, 0.05) is 29.0 Å². The molecular weight excluding hydrogens is 335 g/mol. The summed E-state index contributed by atoms with van der Waals surface area (Å²) in [5.41, 5.74) is 3.65. The summed E-state index contributed by atoms with van der Waals surface area (Å²) in [4.78, 5) is 17.8. The Morgan fingerprint density at radius 3 is 2.44 bits per heavy atom. The Bertz CT molecular complexity index is 870. The van der Waals surface area contributed by atoms with Gasteiger partial charge in [-0.25, -0.2) is 9.37 Å². The van der Waals surface area contributed by atoms with Gasteiger partial charge in [0.05, 0.1) is 5.69 Å². The van der Waals surface area contributed by atoms with Crippen molar-refractivity contribution in [3.05, 3.63) is 76.0 Å². The number of aromatic nitrogens is 1. The first-order valence-corrected chi connectivity index (χ1v) is 8.91. The first-order chi connectivity index (χ1) is 12.0. The average molecular weight is 354 g/mol. The van der Waals surface area contributed by atoms with Gasteiger partial charge in [-0.15, -0.1) is 11.3 Å². The van der Waals surface area contributed by atoms with E-state index in [0.717, 1.165) is 33.1 Å². The van der Waals surface area contributed by atoms with Crippen LogP contribution in [0.4, 0.5) is 4.39 Å². The Morgan fingerprint density at radius 1 is 1.08 bits per heavy atom. The molecule has 0 saturated carbocycles. The number of nitrogens with zero attached hydrogens (tertiary/aromatic N) is 1. The van der Waals surface area contributed by atoms with Crippen LogP contribution in [0.1, 0.15) is 26.5 Å². The van der Waals surface area contributed by atoms with Crippen LogP contribution in [0.15, 0.2) is 48.5 Å². The van der Waals surface area contributed by atoms with E-state index in [0.29, 0.717) is 12.1 Å². The highest BCUT2D eigenvalue weighted by atomic mass is 32.1. The summed E-state index contributed by atoms with van der Waals surface area (Å²) in [6.07, 6.45) is 0.725. The van der Waals surface area contributed by atoms with Crippen LogP contribution in [0.2, 0.25) is 0 Å². The smallest absolute Gasteiger partial charge is 0.251 e. The van der Waals surface area contributed by atoms with Gasteiger partial charge in [0.15, 0.2) is 0 Å². The lowest BCUT2D eigenvalue weighted by Crippen LogP contribution is -2.25. The highest BCUT2D eigenvalue weighted by molar-refractivity contribution is 7.15. The number of hydrogen-bond donors (Lipinski definition) is 1. The van der Waals surface area contributed by atoms with Gasteiger partial charge in [-0.1, -0.05) is 17.7 Å². The normalized spacial score (nSPS) is 10.7. The molecule has 0 unspecified atom stereocenters. The molecule has 3 nitrogen and oxygen atoms in total. The summed E-state index contributed by atoms with van der Waals surface area (Å²) in [5.74, 6) is -0.322. The Hall–Kier alpha value is -2.53. The molecule has 0 radical (unpaired) electrons. The number of rotatable bonds is 5. The lowest BCUT2D eigenvalue weighted by Gasteiger charge is -2.05. The maximum atomic E-state index is 13.0. The molecule has 1 heterocycles. The molecule has 0 saturated heterocycles. The number of nitrogens with one attached hydrogen (secondary N) is 1. The van der Waals surface area contributed by atoms with E-state index in [1.165, 1.54) is 12.1 Å². The van der Waals surface area contributed by atoms with E-state index >= 15 is 0 Å². The Kier molecular flexibility index (Phi) is 5.24. The Morgan fingerprint density at radius 2 is 1.76 bits per heavy atom. The lowest BCUT2D eigenvalue weighted by atomic mass is 10.1. The van der Waals surface area contributed by atoms with Crippen molar-refractivity contribution in [2.75, 3.05) is 6.54 Å². The van der Waals surface area contributed by atoms with Crippen LogP contribution in [-0.4, -0.2) is 17.4 Å². The predicted octanol–water partition coefficient (Wildman–Crippen LogP) is 4.54. The van der Waals surface area contributed by atoms with Gasteiger partial charge < -0.3 is 5.32 Å². The maximum absolute atomic E-state index is 13.0. The first kappa shape index (κ1) is 17.3. The van der Waals surface area contributed by atoms with Gasteiger partial charge in [-0.05, 0) is 50.2 Å². The van der Waals surface area contributed by atoms with Crippen molar-refractivity contribution in [1.82, 2.24) is 10.3 Å². The molecule has 128 valence electrons. The molecule has 0 spiro atoms. The molecule has 2 aromatic carbocycles. The molecule has 0 fully saturated rings. The molecule has 25 heavy (non-hydrogen) atoms. The molecule has 1 amide bonds. The summed E-state index contributed by atoms with van der Waals surface area (Å²) in [6, 6.07) is 13.9. The molecule has 5 heteroatoms. The molecule has 0 aliphatic heterocycles. The van der Waals surface area contributed by atoms with Gasteiger partial charge in [0.2, 0.25) is 0 Å². The summed E-state index contributed by atoms with van der Waals surface area (Å²) in [6.45, 7) is 4.51. The van der Waals surface area contributed by atoms with Crippen LogP contribution < -0.4 is 5.32 Å². The molecular formula is C20H19FN2OS. The minimum absolute atomic E-state index is 0.0686. The molecule has 0 aliphatic carbocycles. The number of carbonyl (C=O) groups excluding carboxylic acids is 1. The topological polar surface area (TPSA) is 42.0 Å². The van der Waals surface area contributed by atoms with Crippen LogP contribution in [0.5, 0.6) is 0 Å². The number of halogens is 1.